The third kappa shape index (κ3) is 3.14. The molecule has 1 amide bonds. The summed E-state index contributed by atoms with van der Waals surface area (Å²) >= 11 is 2.68. The van der Waals surface area contributed by atoms with Crippen LogP contribution in [0.3, 0.4) is 0 Å². The van der Waals surface area contributed by atoms with Crippen LogP contribution in [0.25, 0.3) is 0 Å². The molecule has 3 aromatic rings. The van der Waals surface area contributed by atoms with Crippen molar-refractivity contribution in [2.45, 2.75) is 26.4 Å². The summed E-state index contributed by atoms with van der Waals surface area (Å²) in [6, 6.07) is 6.72. The van der Waals surface area contributed by atoms with Crippen molar-refractivity contribution in [2.24, 2.45) is 0 Å². The van der Waals surface area contributed by atoms with Crippen molar-refractivity contribution in [3.8, 4) is 0 Å². The van der Waals surface area contributed by atoms with E-state index in [1.54, 1.807) is 19.3 Å². The quantitative estimate of drug-likeness (QED) is 0.602. The highest BCUT2D eigenvalue weighted by molar-refractivity contribution is 7.14. The monoisotopic (exact) mass is 411 g/mol. The molecule has 0 radical (unpaired) electrons. The summed E-state index contributed by atoms with van der Waals surface area (Å²) in [5.41, 5.74) is 1.45. The van der Waals surface area contributed by atoms with E-state index in [0.717, 1.165) is 15.4 Å². The van der Waals surface area contributed by atoms with Crippen LogP contribution in [0, 0.1) is 13.8 Å². The third-order valence-electron chi connectivity index (χ3n) is 4.58. The number of aromatic nitrogens is 2. The first kappa shape index (κ1) is 18.5. The minimum absolute atomic E-state index is 0.0131. The molecule has 8 heteroatoms. The van der Waals surface area contributed by atoms with Gasteiger partial charge in [-0.3, -0.25) is 9.59 Å². The van der Waals surface area contributed by atoms with E-state index in [1.807, 2.05) is 36.6 Å². The summed E-state index contributed by atoms with van der Waals surface area (Å²) in [5, 5.41) is 15.5. The highest BCUT2D eigenvalue weighted by atomic mass is 32.1. The van der Waals surface area contributed by atoms with Gasteiger partial charge in [0.05, 0.1) is 28.2 Å². The van der Waals surface area contributed by atoms with Gasteiger partial charge in [0.15, 0.2) is 12.4 Å². The first-order valence-corrected chi connectivity index (χ1v) is 10.4. The number of carbonyl (C=O) groups excluding carboxylic acids is 2. The molecule has 0 fully saturated rings. The van der Waals surface area contributed by atoms with Gasteiger partial charge in [-0.1, -0.05) is 6.07 Å². The molecule has 1 N–H and O–H groups in total. The predicted molar refractivity (Wildman–Crippen MR) is 104 cm³/mol. The fraction of sp³-hybridized carbons (Fsp3) is 0.200. The van der Waals surface area contributed by atoms with Gasteiger partial charge in [-0.2, -0.15) is 0 Å². The van der Waals surface area contributed by atoms with E-state index >= 15 is 0 Å². The molecule has 0 aliphatic carbocycles. The first-order chi connectivity index (χ1) is 13.5. The lowest BCUT2D eigenvalue weighted by atomic mass is 10.00. The van der Waals surface area contributed by atoms with Crippen LogP contribution in [-0.4, -0.2) is 21.6 Å². The molecule has 28 heavy (non-hydrogen) atoms. The Hall–Kier alpha value is -2.84. The minimum atomic E-state index is -0.728. The first-order valence-electron chi connectivity index (χ1n) is 8.66. The van der Waals surface area contributed by atoms with Gasteiger partial charge in [-0.15, -0.1) is 22.7 Å². The summed E-state index contributed by atoms with van der Waals surface area (Å²) in [6.07, 6.45) is 3.55. The molecule has 1 unspecified atom stereocenters. The van der Waals surface area contributed by atoms with Gasteiger partial charge < -0.3 is 10.0 Å². The zero-order valence-electron chi connectivity index (χ0n) is 15.3. The van der Waals surface area contributed by atoms with E-state index in [1.165, 1.54) is 27.6 Å². The molecular weight excluding hydrogens is 394 g/mol. The highest BCUT2D eigenvalue weighted by Gasteiger charge is 2.41. The van der Waals surface area contributed by atoms with Crippen LogP contribution >= 0.6 is 22.7 Å². The van der Waals surface area contributed by atoms with Crippen molar-refractivity contribution in [3.63, 3.8) is 0 Å². The second-order valence-corrected chi connectivity index (χ2v) is 8.66. The number of amides is 1. The average molecular weight is 412 g/mol. The zero-order chi connectivity index (χ0) is 19.8. The summed E-state index contributed by atoms with van der Waals surface area (Å²) in [6.45, 7) is 3.80. The number of H-pyrrole nitrogens is 1. The SMILES string of the molecule is Cc1nc(C)c(C(=O)C2=C([O-])C(=O)N(Cc3ccc[nH+]c3)C2c2cccs2)s1. The Labute approximate surface area is 169 Å². The second kappa shape index (κ2) is 7.29. The van der Waals surface area contributed by atoms with Crippen molar-refractivity contribution in [3.05, 3.63) is 79.4 Å². The number of pyridine rings is 1. The van der Waals surface area contributed by atoms with E-state index in [4.69, 9.17) is 0 Å². The van der Waals surface area contributed by atoms with Crippen LogP contribution in [-0.2, 0) is 11.3 Å². The number of aryl methyl sites for hydroxylation is 2. The molecule has 3 aromatic heterocycles. The number of nitrogens with zero attached hydrogens (tertiary/aromatic N) is 2. The van der Waals surface area contributed by atoms with Crippen LogP contribution in [0.4, 0.5) is 0 Å². The van der Waals surface area contributed by atoms with E-state index < -0.39 is 23.5 Å². The molecule has 0 bridgehead atoms. The number of carbonyl (C=O) groups is 2. The average Bonchev–Trinajstić information content (AvgIpc) is 3.37. The smallest absolute Gasteiger partial charge is 0.240 e. The molecule has 0 saturated heterocycles. The molecule has 6 nitrogen and oxygen atoms in total. The normalized spacial score (nSPS) is 16.9. The lowest BCUT2D eigenvalue weighted by Gasteiger charge is -2.26. The fourth-order valence-corrected chi connectivity index (χ4v) is 5.09. The van der Waals surface area contributed by atoms with Crippen LogP contribution in [0.1, 0.15) is 36.9 Å². The fourth-order valence-electron chi connectivity index (χ4n) is 3.37. The molecule has 1 aliphatic heterocycles. The number of thiophene rings is 1. The number of hydrogen-bond acceptors (Lipinski definition) is 6. The largest absolute Gasteiger partial charge is 0.868 e. The van der Waals surface area contributed by atoms with Crippen molar-refractivity contribution < 1.29 is 19.7 Å². The van der Waals surface area contributed by atoms with E-state index in [-0.39, 0.29) is 12.1 Å². The van der Waals surface area contributed by atoms with Gasteiger partial charge >= 0.3 is 0 Å². The molecule has 4 heterocycles. The number of thiazole rings is 1. The highest BCUT2D eigenvalue weighted by Crippen LogP contribution is 2.41. The molecule has 1 atom stereocenters. The zero-order valence-corrected chi connectivity index (χ0v) is 16.9. The third-order valence-corrected chi connectivity index (χ3v) is 6.57. The minimum Gasteiger partial charge on any atom is -0.868 e. The van der Waals surface area contributed by atoms with E-state index in [2.05, 4.69) is 9.97 Å². The van der Waals surface area contributed by atoms with Crippen LogP contribution in [0.5, 0.6) is 0 Å². The van der Waals surface area contributed by atoms with Gasteiger partial charge in [0.2, 0.25) is 11.7 Å². The van der Waals surface area contributed by atoms with Gasteiger partial charge in [0.25, 0.3) is 0 Å². The number of nitrogens with one attached hydrogen (secondary N) is 1. The van der Waals surface area contributed by atoms with E-state index in [0.29, 0.717) is 10.6 Å². The molecule has 0 aromatic carbocycles. The number of hydrogen-bond donors (Lipinski definition) is 0. The Morgan fingerprint density at radius 3 is 2.75 bits per heavy atom. The lowest BCUT2D eigenvalue weighted by Crippen LogP contribution is -2.31. The Balaban J connectivity index is 1.78. The summed E-state index contributed by atoms with van der Waals surface area (Å²) in [4.78, 5) is 36.1. The number of ketones is 1. The maximum Gasteiger partial charge on any atom is 0.240 e. The van der Waals surface area contributed by atoms with Crippen molar-refractivity contribution in [1.82, 2.24) is 9.88 Å². The maximum atomic E-state index is 13.3. The van der Waals surface area contributed by atoms with Gasteiger partial charge in [-0.25, -0.2) is 9.97 Å². The second-order valence-electron chi connectivity index (χ2n) is 6.48. The Morgan fingerprint density at radius 2 is 2.14 bits per heavy atom. The van der Waals surface area contributed by atoms with Gasteiger partial charge in [-0.05, 0) is 37.1 Å². The Bertz CT molecular complexity index is 1070. The Kier molecular flexibility index (Phi) is 4.82. The molecule has 1 aliphatic rings. The van der Waals surface area contributed by atoms with Gasteiger partial charge in [0.1, 0.15) is 0 Å². The molecule has 0 spiro atoms. The molecular formula is C20H17N3O3S2. The lowest BCUT2D eigenvalue weighted by molar-refractivity contribution is -0.378. The summed E-state index contributed by atoms with van der Waals surface area (Å²) < 4.78 is 0. The number of rotatable bonds is 5. The summed E-state index contributed by atoms with van der Waals surface area (Å²) in [7, 11) is 0. The topological polar surface area (TPSA) is 87.5 Å². The van der Waals surface area contributed by atoms with Crippen molar-refractivity contribution >= 4 is 34.4 Å². The summed E-state index contributed by atoms with van der Waals surface area (Å²) in [5.74, 6) is -1.78. The van der Waals surface area contributed by atoms with Crippen LogP contribution in [0.15, 0.2) is 53.4 Å². The van der Waals surface area contributed by atoms with Crippen LogP contribution in [0.2, 0.25) is 0 Å². The number of Topliss-reactive ketones (excluding diaryl/α,β-unsaturated/α-hetero) is 1. The maximum absolute atomic E-state index is 13.3. The molecule has 142 valence electrons. The van der Waals surface area contributed by atoms with Crippen molar-refractivity contribution in [1.29, 1.82) is 0 Å². The molecule has 0 saturated carbocycles. The van der Waals surface area contributed by atoms with E-state index in [9.17, 15) is 14.7 Å². The molecule has 4 rings (SSSR count). The number of aromatic amines is 1. The standard InChI is InChI=1S/C20H17N3O3S2/c1-11-19(28-12(2)22-11)17(24)15-16(14-6-4-8-27-14)23(20(26)18(15)25)10-13-5-3-7-21-9-13/h3-9,16,25H,10H2,1-2H3. The van der Waals surface area contributed by atoms with Crippen LogP contribution < -0.4 is 10.1 Å². The Morgan fingerprint density at radius 1 is 1.32 bits per heavy atom. The predicted octanol–water partition coefficient (Wildman–Crippen LogP) is 2.22. The van der Waals surface area contributed by atoms with Gasteiger partial charge in [0, 0.05) is 22.1 Å². The van der Waals surface area contributed by atoms with Crippen molar-refractivity contribution in [2.75, 3.05) is 0 Å².